The summed E-state index contributed by atoms with van der Waals surface area (Å²) in [7, 11) is 0. The van der Waals surface area contributed by atoms with E-state index < -0.39 is 0 Å². The Morgan fingerprint density at radius 3 is 2.18 bits per heavy atom. The monoisotopic (exact) mass is 170 g/mol. The summed E-state index contributed by atoms with van der Waals surface area (Å²) in [4.78, 5) is 0. The lowest BCUT2D eigenvalue weighted by Gasteiger charge is -2.25. The van der Waals surface area contributed by atoms with Crippen LogP contribution in [0.15, 0.2) is 0 Å². The number of rotatable bonds is 3. The summed E-state index contributed by atoms with van der Waals surface area (Å²) in [5.74, 6) is 2.59. The van der Waals surface area contributed by atoms with Gasteiger partial charge in [0.05, 0.1) is 0 Å². The van der Waals surface area contributed by atoms with Crippen LogP contribution in [0.25, 0.3) is 0 Å². The maximum atomic E-state index is 2.27. The van der Waals surface area contributed by atoms with Crippen molar-refractivity contribution in [2.45, 2.75) is 50.2 Å². The summed E-state index contributed by atoms with van der Waals surface area (Å²) in [6, 6.07) is 0. The van der Waals surface area contributed by atoms with Crippen molar-refractivity contribution in [3.63, 3.8) is 0 Å². The molecule has 0 nitrogen and oxygen atoms in total. The third-order valence-corrected chi connectivity index (χ3v) is 4.70. The summed E-state index contributed by atoms with van der Waals surface area (Å²) >= 11 is 2.27. The molecule has 0 saturated heterocycles. The molecule has 0 atom stereocenters. The molecule has 0 radical (unpaired) electrons. The third-order valence-electron chi connectivity index (χ3n) is 3.09. The van der Waals surface area contributed by atoms with Gasteiger partial charge in [-0.1, -0.05) is 19.3 Å². The van der Waals surface area contributed by atoms with E-state index in [1.54, 1.807) is 0 Å². The topological polar surface area (TPSA) is 0 Å². The smallest absolute Gasteiger partial charge is 0.00471 e. The predicted octanol–water partition coefficient (Wildman–Crippen LogP) is 3.46. The quantitative estimate of drug-likeness (QED) is 0.625. The van der Waals surface area contributed by atoms with Crippen LogP contribution in [0.4, 0.5) is 0 Å². The second kappa shape index (κ2) is 3.84. The Labute approximate surface area is 74.1 Å². The lowest BCUT2D eigenvalue weighted by molar-refractivity contribution is 0.353. The van der Waals surface area contributed by atoms with Gasteiger partial charge in [-0.15, -0.1) is 0 Å². The molecule has 0 heterocycles. The molecule has 2 saturated carbocycles. The highest BCUT2D eigenvalue weighted by molar-refractivity contribution is 7.99. The van der Waals surface area contributed by atoms with Crippen molar-refractivity contribution in [1.29, 1.82) is 0 Å². The first-order valence-corrected chi connectivity index (χ1v) is 6.11. The highest BCUT2D eigenvalue weighted by Gasteiger charge is 2.21. The Bertz CT molecular complexity index is 112. The van der Waals surface area contributed by atoms with Crippen LogP contribution in [-0.4, -0.2) is 11.0 Å². The van der Waals surface area contributed by atoms with Crippen molar-refractivity contribution in [2.24, 2.45) is 5.92 Å². The Morgan fingerprint density at radius 1 is 0.909 bits per heavy atom. The number of hydrogen-bond donors (Lipinski definition) is 0. The minimum atomic E-state index is 1.05. The zero-order chi connectivity index (χ0) is 7.52. The first kappa shape index (κ1) is 7.97. The maximum Gasteiger partial charge on any atom is 0.00471 e. The molecule has 2 aliphatic carbocycles. The van der Waals surface area contributed by atoms with Gasteiger partial charge < -0.3 is 0 Å². The van der Waals surface area contributed by atoms with E-state index in [0.717, 1.165) is 11.2 Å². The van der Waals surface area contributed by atoms with Gasteiger partial charge in [0.2, 0.25) is 0 Å². The summed E-state index contributed by atoms with van der Waals surface area (Å²) < 4.78 is 0. The molecule has 0 amide bonds. The average Bonchev–Trinajstić information content (AvgIpc) is 2.36. The van der Waals surface area contributed by atoms with Crippen LogP contribution in [0.1, 0.15) is 44.9 Å². The van der Waals surface area contributed by atoms with E-state index in [-0.39, 0.29) is 0 Å². The standard InChI is InChI=1S/C10H18S/c1-2-7-10(6-1)11-8-9-4-3-5-9/h9-10H,1-8H2. The van der Waals surface area contributed by atoms with E-state index in [9.17, 15) is 0 Å². The summed E-state index contributed by atoms with van der Waals surface area (Å²) in [6.45, 7) is 0. The van der Waals surface area contributed by atoms with Crippen LogP contribution < -0.4 is 0 Å². The van der Waals surface area contributed by atoms with Crippen molar-refractivity contribution in [3.05, 3.63) is 0 Å². The lowest BCUT2D eigenvalue weighted by atomic mass is 9.87. The van der Waals surface area contributed by atoms with Gasteiger partial charge in [-0.05, 0) is 37.4 Å². The van der Waals surface area contributed by atoms with Crippen molar-refractivity contribution < 1.29 is 0 Å². The largest absolute Gasteiger partial charge is 0.158 e. The van der Waals surface area contributed by atoms with Crippen LogP contribution in [0.5, 0.6) is 0 Å². The minimum Gasteiger partial charge on any atom is -0.158 e. The average molecular weight is 170 g/mol. The summed E-state index contributed by atoms with van der Waals surface area (Å²) in [6.07, 6.45) is 10.6. The molecule has 11 heavy (non-hydrogen) atoms. The van der Waals surface area contributed by atoms with Crippen LogP contribution in [0, 0.1) is 5.92 Å². The second-order valence-corrected chi connectivity index (χ2v) is 5.37. The fraction of sp³-hybridized carbons (Fsp3) is 1.00. The predicted molar refractivity (Wildman–Crippen MR) is 52.1 cm³/mol. The van der Waals surface area contributed by atoms with Crippen LogP contribution >= 0.6 is 11.8 Å². The molecule has 2 fully saturated rings. The number of thioether (sulfide) groups is 1. The summed E-state index contributed by atoms with van der Waals surface area (Å²) in [5.41, 5.74) is 0. The molecule has 0 spiro atoms. The Kier molecular flexibility index (Phi) is 2.78. The van der Waals surface area contributed by atoms with Crippen molar-refractivity contribution >= 4 is 11.8 Å². The SMILES string of the molecule is C1CC(CSC2CCCC2)C1. The molecule has 0 aromatic heterocycles. The molecule has 0 bridgehead atoms. The highest BCUT2D eigenvalue weighted by atomic mass is 32.2. The first-order valence-electron chi connectivity index (χ1n) is 5.07. The van der Waals surface area contributed by atoms with Gasteiger partial charge >= 0.3 is 0 Å². The molecule has 2 aliphatic rings. The molecule has 64 valence electrons. The van der Waals surface area contributed by atoms with Crippen LogP contribution in [0.3, 0.4) is 0 Å². The van der Waals surface area contributed by atoms with E-state index >= 15 is 0 Å². The van der Waals surface area contributed by atoms with Crippen molar-refractivity contribution in [3.8, 4) is 0 Å². The zero-order valence-corrected chi connectivity index (χ0v) is 8.04. The van der Waals surface area contributed by atoms with Gasteiger partial charge in [0, 0.05) is 5.25 Å². The van der Waals surface area contributed by atoms with E-state index in [4.69, 9.17) is 0 Å². The fourth-order valence-electron chi connectivity index (χ4n) is 1.99. The van der Waals surface area contributed by atoms with Gasteiger partial charge in [0.1, 0.15) is 0 Å². The zero-order valence-electron chi connectivity index (χ0n) is 7.22. The van der Waals surface area contributed by atoms with E-state index in [2.05, 4.69) is 11.8 Å². The van der Waals surface area contributed by atoms with Gasteiger partial charge in [-0.3, -0.25) is 0 Å². The molecule has 0 aromatic rings. The van der Waals surface area contributed by atoms with Crippen molar-refractivity contribution in [2.75, 3.05) is 5.75 Å². The molecular formula is C10H18S. The molecule has 0 aliphatic heterocycles. The fourth-order valence-corrected chi connectivity index (χ4v) is 3.53. The van der Waals surface area contributed by atoms with Crippen LogP contribution in [-0.2, 0) is 0 Å². The maximum absolute atomic E-state index is 2.27. The molecular weight excluding hydrogens is 152 g/mol. The Hall–Kier alpha value is 0.350. The minimum absolute atomic E-state index is 1.05. The molecule has 0 N–H and O–H groups in total. The van der Waals surface area contributed by atoms with Crippen molar-refractivity contribution in [1.82, 2.24) is 0 Å². The molecule has 0 unspecified atom stereocenters. The van der Waals surface area contributed by atoms with Gasteiger partial charge in [-0.2, -0.15) is 11.8 Å². The van der Waals surface area contributed by atoms with Gasteiger partial charge in [0.15, 0.2) is 0 Å². The normalized spacial score (nSPS) is 27.3. The Balaban J connectivity index is 1.57. The summed E-state index contributed by atoms with van der Waals surface area (Å²) in [5, 5.41) is 1.05. The van der Waals surface area contributed by atoms with Crippen LogP contribution in [0.2, 0.25) is 0 Å². The highest BCUT2D eigenvalue weighted by Crippen LogP contribution is 2.35. The molecule has 1 heteroatoms. The third kappa shape index (κ3) is 2.14. The first-order chi connectivity index (χ1) is 5.45. The van der Waals surface area contributed by atoms with E-state index in [1.807, 2.05) is 0 Å². The molecule has 2 rings (SSSR count). The van der Waals surface area contributed by atoms with Gasteiger partial charge in [-0.25, -0.2) is 0 Å². The van der Waals surface area contributed by atoms with E-state index in [1.165, 1.54) is 50.7 Å². The lowest BCUT2D eigenvalue weighted by Crippen LogP contribution is -2.14. The second-order valence-electron chi connectivity index (χ2n) is 4.04. The Morgan fingerprint density at radius 2 is 1.64 bits per heavy atom. The van der Waals surface area contributed by atoms with Gasteiger partial charge in [0.25, 0.3) is 0 Å². The van der Waals surface area contributed by atoms with E-state index in [0.29, 0.717) is 0 Å². The number of hydrogen-bond acceptors (Lipinski definition) is 1. The molecule has 0 aromatic carbocycles.